The van der Waals surface area contributed by atoms with Crippen LogP contribution in [-0.4, -0.2) is 81.2 Å². The van der Waals surface area contributed by atoms with Crippen LogP contribution >= 0.6 is 0 Å². The molecule has 0 bridgehead atoms. The van der Waals surface area contributed by atoms with Crippen LogP contribution in [0.1, 0.15) is 39.1 Å². The van der Waals surface area contributed by atoms with Crippen molar-refractivity contribution in [1.82, 2.24) is 20.0 Å². The van der Waals surface area contributed by atoms with Crippen molar-refractivity contribution in [2.45, 2.75) is 71.6 Å². The highest BCUT2D eigenvalue weighted by atomic mass is 16.7. The quantitative estimate of drug-likeness (QED) is 0.254. The molecule has 1 aliphatic heterocycles. The molecule has 0 N–H and O–H groups in total. The number of pyridine rings is 1. The molecule has 41 heavy (non-hydrogen) atoms. The summed E-state index contributed by atoms with van der Waals surface area (Å²) in [5, 5.41) is 9.26. The Balaban J connectivity index is 1.51. The van der Waals surface area contributed by atoms with E-state index < -0.39 is 54.6 Å². The fraction of sp³-hybridized carbons (Fsp3) is 0.444. The summed E-state index contributed by atoms with van der Waals surface area (Å²) in [6.45, 7) is 4.50. The lowest BCUT2D eigenvalue weighted by molar-refractivity contribution is -0.310. The number of fused-ring (bicyclic) bond motifs is 1. The van der Waals surface area contributed by atoms with Crippen molar-refractivity contribution in [3.63, 3.8) is 0 Å². The second-order valence-electron chi connectivity index (χ2n) is 9.28. The van der Waals surface area contributed by atoms with E-state index >= 15 is 0 Å². The molecule has 0 amide bonds. The molecule has 0 saturated carbocycles. The van der Waals surface area contributed by atoms with Crippen LogP contribution in [0.15, 0.2) is 42.6 Å². The molecule has 0 unspecified atom stereocenters. The van der Waals surface area contributed by atoms with Crippen molar-refractivity contribution < 1.29 is 47.6 Å². The normalized spacial score (nSPS) is 22.1. The van der Waals surface area contributed by atoms with Crippen molar-refractivity contribution in [2.75, 3.05) is 6.61 Å². The Hall–Kier alpha value is -4.43. The molecule has 4 rings (SSSR count). The largest absolute Gasteiger partial charge is 0.463 e. The van der Waals surface area contributed by atoms with E-state index in [2.05, 4.69) is 15.3 Å². The second kappa shape index (κ2) is 13.3. The lowest BCUT2D eigenvalue weighted by Gasteiger charge is -2.43. The highest BCUT2D eigenvalue weighted by Gasteiger charge is 2.52. The van der Waals surface area contributed by atoms with Gasteiger partial charge in [-0.15, -0.1) is 5.10 Å². The minimum atomic E-state index is -1.33. The van der Waals surface area contributed by atoms with Crippen molar-refractivity contribution in [3.8, 4) is 0 Å². The highest BCUT2D eigenvalue weighted by Crippen LogP contribution is 2.30. The van der Waals surface area contributed by atoms with Gasteiger partial charge in [0, 0.05) is 33.1 Å². The molecule has 14 heteroatoms. The minimum absolute atomic E-state index is 0.140. The number of carbonyl (C=O) groups excluding carboxylic acids is 4. The van der Waals surface area contributed by atoms with E-state index in [0.717, 1.165) is 37.4 Å². The summed E-state index contributed by atoms with van der Waals surface area (Å²) in [7, 11) is 0. The Labute approximate surface area is 234 Å². The number of benzene rings is 1. The summed E-state index contributed by atoms with van der Waals surface area (Å²) in [6.07, 6.45) is -4.69. The van der Waals surface area contributed by atoms with Gasteiger partial charge in [-0.2, -0.15) is 0 Å². The molecule has 1 saturated heterocycles. The monoisotopic (exact) mass is 570 g/mol. The van der Waals surface area contributed by atoms with E-state index in [4.69, 9.17) is 28.4 Å². The summed E-state index contributed by atoms with van der Waals surface area (Å²) >= 11 is 0. The first kappa shape index (κ1) is 29.6. The zero-order valence-electron chi connectivity index (χ0n) is 22.9. The third-order valence-corrected chi connectivity index (χ3v) is 5.91. The minimum Gasteiger partial charge on any atom is -0.463 e. The van der Waals surface area contributed by atoms with Crippen molar-refractivity contribution in [3.05, 3.63) is 54.0 Å². The fourth-order valence-electron chi connectivity index (χ4n) is 4.33. The van der Waals surface area contributed by atoms with E-state index in [9.17, 15) is 19.2 Å². The molecule has 1 aliphatic rings. The average Bonchev–Trinajstić information content (AvgIpc) is 3.35. The summed E-state index contributed by atoms with van der Waals surface area (Å²) in [4.78, 5) is 51.9. The number of ether oxygens (including phenoxy) is 6. The molecular formula is C27H30N4O10. The van der Waals surface area contributed by atoms with Gasteiger partial charge in [-0.25, -0.2) is 4.68 Å². The van der Waals surface area contributed by atoms with Gasteiger partial charge in [0.05, 0.1) is 30.6 Å². The van der Waals surface area contributed by atoms with Crippen LogP contribution in [0.4, 0.5) is 0 Å². The molecular weight excluding hydrogens is 540 g/mol. The van der Waals surface area contributed by atoms with E-state index in [1.807, 2.05) is 36.4 Å². The maximum atomic E-state index is 12.0. The molecule has 0 aliphatic carbocycles. The number of hydrogen-bond donors (Lipinski definition) is 0. The van der Waals surface area contributed by atoms with Gasteiger partial charge in [0.1, 0.15) is 18.4 Å². The van der Waals surface area contributed by atoms with Gasteiger partial charge in [0.2, 0.25) is 0 Å². The average molecular weight is 571 g/mol. The van der Waals surface area contributed by atoms with Crippen LogP contribution in [0.5, 0.6) is 0 Å². The molecule has 2 aromatic heterocycles. The molecule has 5 atom stereocenters. The third kappa shape index (κ3) is 8.05. The highest BCUT2D eigenvalue weighted by molar-refractivity contribution is 5.78. The van der Waals surface area contributed by atoms with Crippen LogP contribution in [0.25, 0.3) is 10.9 Å². The molecule has 14 nitrogen and oxygen atoms in total. The molecule has 0 spiro atoms. The van der Waals surface area contributed by atoms with Gasteiger partial charge >= 0.3 is 23.9 Å². The van der Waals surface area contributed by atoms with Gasteiger partial charge in [-0.3, -0.25) is 24.2 Å². The predicted molar refractivity (Wildman–Crippen MR) is 138 cm³/mol. The van der Waals surface area contributed by atoms with Crippen molar-refractivity contribution in [2.24, 2.45) is 0 Å². The topological polar surface area (TPSA) is 167 Å². The Morgan fingerprint density at radius 2 is 1.51 bits per heavy atom. The van der Waals surface area contributed by atoms with Crippen LogP contribution < -0.4 is 0 Å². The molecule has 3 aromatic rings. The van der Waals surface area contributed by atoms with Gasteiger partial charge in [-0.05, 0) is 12.1 Å². The van der Waals surface area contributed by atoms with Crippen molar-refractivity contribution >= 4 is 34.8 Å². The van der Waals surface area contributed by atoms with Crippen LogP contribution in [-0.2, 0) is 60.8 Å². The Morgan fingerprint density at radius 3 is 2.22 bits per heavy atom. The summed E-state index contributed by atoms with van der Waals surface area (Å²) in [5.74, 6) is -2.79. The number of hydrogen-bond acceptors (Lipinski definition) is 13. The predicted octanol–water partition coefficient (Wildman–Crippen LogP) is 1.47. The molecule has 1 fully saturated rings. The molecule has 0 radical (unpaired) electrons. The van der Waals surface area contributed by atoms with E-state index in [1.54, 1.807) is 10.9 Å². The van der Waals surface area contributed by atoms with Crippen molar-refractivity contribution in [1.29, 1.82) is 0 Å². The number of esters is 4. The van der Waals surface area contributed by atoms with E-state index in [0.29, 0.717) is 12.2 Å². The molecule has 218 valence electrons. The standard InChI is InChI=1S/C27H30N4O10/c1-15(32)36-14-23-24(38-16(2)33)25(39-17(3)34)26(40-18(4)35)27(41-23)37-13-21-12-31(30-29-21)11-20-10-9-19-7-5-6-8-22(19)28-20/h5-10,12,23-27H,11,13-14H2,1-4H3/t23-,24-,25+,26+,27+/m1/s1. The summed E-state index contributed by atoms with van der Waals surface area (Å²) in [6, 6.07) is 11.6. The number of nitrogens with zero attached hydrogens (tertiary/aromatic N) is 4. The first-order valence-electron chi connectivity index (χ1n) is 12.7. The Kier molecular flexibility index (Phi) is 9.57. The lowest BCUT2D eigenvalue weighted by atomic mass is 9.98. The van der Waals surface area contributed by atoms with E-state index in [-0.39, 0.29) is 13.2 Å². The lowest BCUT2D eigenvalue weighted by Crippen LogP contribution is -2.62. The van der Waals surface area contributed by atoms with Gasteiger partial charge in [0.15, 0.2) is 24.6 Å². The van der Waals surface area contributed by atoms with Gasteiger partial charge < -0.3 is 28.4 Å². The summed E-state index contributed by atoms with van der Waals surface area (Å²) < 4.78 is 34.6. The smallest absolute Gasteiger partial charge is 0.303 e. The fourth-order valence-corrected chi connectivity index (χ4v) is 4.33. The first-order valence-corrected chi connectivity index (χ1v) is 12.7. The Bertz CT molecular complexity index is 1410. The SMILES string of the molecule is CC(=O)OC[C@H]1O[C@H](OCc2cn(Cc3ccc4ccccc4n3)nn2)[C@@H](OC(C)=O)[C@@H](OC(C)=O)[C@@H]1OC(C)=O. The van der Waals surface area contributed by atoms with Crippen LogP contribution in [0.2, 0.25) is 0 Å². The molecule has 1 aromatic carbocycles. The summed E-state index contributed by atoms with van der Waals surface area (Å²) in [5.41, 5.74) is 2.05. The number of aromatic nitrogens is 4. The zero-order chi connectivity index (χ0) is 29.5. The zero-order valence-corrected chi connectivity index (χ0v) is 22.9. The van der Waals surface area contributed by atoms with Crippen LogP contribution in [0, 0.1) is 0 Å². The number of para-hydroxylation sites is 1. The number of carbonyl (C=O) groups is 4. The number of rotatable bonds is 10. The second-order valence-corrected chi connectivity index (χ2v) is 9.28. The maximum absolute atomic E-state index is 12.0. The van der Waals surface area contributed by atoms with Gasteiger partial charge in [-0.1, -0.05) is 29.5 Å². The van der Waals surface area contributed by atoms with Crippen LogP contribution in [0.3, 0.4) is 0 Å². The maximum Gasteiger partial charge on any atom is 0.303 e. The first-order chi connectivity index (χ1) is 19.6. The third-order valence-electron chi connectivity index (χ3n) is 5.91. The van der Waals surface area contributed by atoms with Gasteiger partial charge in [0.25, 0.3) is 0 Å². The molecule has 3 heterocycles. The Morgan fingerprint density at radius 1 is 0.829 bits per heavy atom. The van der Waals surface area contributed by atoms with E-state index in [1.165, 1.54) is 6.92 Å².